The van der Waals surface area contributed by atoms with E-state index in [-0.39, 0.29) is 25.1 Å². The van der Waals surface area contributed by atoms with Crippen molar-refractivity contribution in [2.24, 2.45) is 0 Å². The summed E-state index contributed by atoms with van der Waals surface area (Å²) in [5, 5.41) is 3.48. The van der Waals surface area contributed by atoms with E-state index < -0.39 is 11.6 Å². The summed E-state index contributed by atoms with van der Waals surface area (Å²) in [5.41, 5.74) is 4.55. The number of methoxy groups -OCH3 is 1. The van der Waals surface area contributed by atoms with Crippen LogP contribution in [0.2, 0.25) is 0 Å². The van der Waals surface area contributed by atoms with Gasteiger partial charge in [0.15, 0.2) is 11.6 Å². The summed E-state index contributed by atoms with van der Waals surface area (Å²) in [5.74, 6) is -0.0191. The lowest BCUT2D eigenvalue weighted by Gasteiger charge is -2.33. The number of hydrogen-bond donors (Lipinski definition) is 1. The van der Waals surface area contributed by atoms with Crippen molar-refractivity contribution in [3.8, 4) is 11.5 Å². The number of benzene rings is 3. The highest BCUT2D eigenvalue weighted by molar-refractivity contribution is 5.61. The molecule has 0 amide bonds. The van der Waals surface area contributed by atoms with E-state index in [1.54, 1.807) is 7.11 Å². The second kappa shape index (κ2) is 15.3. The zero-order valence-corrected chi connectivity index (χ0v) is 24.2. The van der Waals surface area contributed by atoms with Gasteiger partial charge in [-0.2, -0.15) is 0 Å². The largest absolute Gasteiger partial charge is 0.490 e. The average Bonchev–Trinajstić information content (AvgIpc) is 3.02. The number of ether oxygens (including phenoxy) is 5. The van der Waals surface area contributed by atoms with E-state index in [2.05, 4.69) is 52.7 Å². The fourth-order valence-corrected chi connectivity index (χ4v) is 5.48. The van der Waals surface area contributed by atoms with Crippen LogP contribution in [0.15, 0.2) is 60.7 Å². The third kappa shape index (κ3) is 8.19. The molecule has 2 heterocycles. The van der Waals surface area contributed by atoms with Crippen molar-refractivity contribution < 1.29 is 32.5 Å². The van der Waals surface area contributed by atoms with Crippen molar-refractivity contribution in [3.05, 3.63) is 89.0 Å². The standard InChI is InChI=1S/C33H40F2N2O5/c1-38-15-2-13-37-14-16-40-31-10-5-25(19-30(31)37)23-42-33-21-36-12-11-28(33)26-6-3-24(4-7-26)22-39-17-18-41-32-20-27(34)8-9-29(32)35/h3-10,19-20,28,33,36H,2,11-18,21-23H2,1H3/t28-,33+/m1/s1. The Morgan fingerprint density at radius 1 is 0.952 bits per heavy atom. The van der Waals surface area contributed by atoms with Gasteiger partial charge in [-0.25, -0.2) is 8.78 Å². The maximum atomic E-state index is 13.7. The fourth-order valence-electron chi connectivity index (χ4n) is 5.48. The maximum Gasteiger partial charge on any atom is 0.165 e. The third-order valence-electron chi connectivity index (χ3n) is 7.70. The van der Waals surface area contributed by atoms with E-state index in [0.29, 0.717) is 25.7 Å². The number of fused-ring (bicyclic) bond motifs is 1. The van der Waals surface area contributed by atoms with Crippen LogP contribution in [0.5, 0.6) is 11.5 Å². The first-order valence-electron chi connectivity index (χ1n) is 14.7. The number of halogens is 2. The van der Waals surface area contributed by atoms with Gasteiger partial charge in [0.1, 0.15) is 24.8 Å². The van der Waals surface area contributed by atoms with Gasteiger partial charge in [0.25, 0.3) is 0 Å². The lowest BCUT2D eigenvalue weighted by molar-refractivity contribution is 0.0106. The first-order chi connectivity index (χ1) is 20.6. The van der Waals surface area contributed by atoms with Crippen molar-refractivity contribution >= 4 is 5.69 Å². The summed E-state index contributed by atoms with van der Waals surface area (Å²) in [6.45, 7) is 6.36. The molecule has 3 aromatic carbocycles. The van der Waals surface area contributed by atoms with E-state index in [1.165, 1.54) is 5.56 Å². The van der Waals surface area contributed by atoms with E-state index in [9.17, 15) is 8.78 Å². The van der Waals surface area contributed by atoms with Crippen LogP contribution in [0.4, 0.5) is 14.5 Å². The minimum Gasteiger partial charge on any atom is -0.490 e. The monoisotopic (exact) mass is 582 g/mol. The SMILES string of the molecule is COCCCN1CCOc2ccc(CO[C@H]3CNCC[C@@H]3c3ccc(COCCOc4cc(F)ccc4F)cc3)cc21. The quantitative estimate of drug-likeness (QED) is 0.254. The van der Waals surface area contributed by atoms with E-state index in [1.807, 2.05) is 0 Å². The molecular formula is C33H40F2N2O5. The summed E-state index contributed by atoms with van der Waals surface area (Å²) in [4.78, 5) is 2.37. The van der Waals surface area contributed by atoms with Gasteiger partial charge in [-0.1, -0.05) is 30.3 Å². The van der Waals surface area contributed by atoms with Crippen LogP contribution in [-0.2, 0) is 27.4 Å². The highest BCUT2D eigenvalue weighted by Crippen LogP contribution is 2.34. The molecule has 2 aliphatic heterocycles. The lowest BCUT2D eigenvalue weighted by Crippen LogP contribution is -2.41. The van der Waals surface area contributed by atoms with Crippen LogP contribution in [-0.4, -0.2) is 65.8 Å². The molecule has 9 heteroatoms. The number of piperidine rings is 1. The van der Waals surface area contributed by atoms with Crippen LogP contribution >= 0.6 is 0 Å². The van der Waals surface area contributed by atoms with Crippen LogP contribution in [0.25, 0.3) is 0 Å². The number of nitrogens with zero attached hydrogens (tertiary/aromatic N) is 1. The summed E-state index contributed by atoms with van der Waals surface area (Å²) in [7, 11) is 1.74. The number of anilines is 1. The van der Waals surface area contributed by atoms with Crippen LogP contribution in [0.3, 0.4) is 0 Å². The molecule has 0 aliphatic carbocycles. The Bertz CT molecular complexity index is 1280. The van der Waals surface area contributed by atoms with Crippen molar-refractivity contribution in [2.45, 2.75) is 38.1 Å². The maximum absolute atomic E-state index is 13.7. The average molecular weight is 583 g/mol. The van der Waals surface area contributed by atoms with Gasteiger partial charge in [-0.15, -0.1) is 0 Å². The van der Waals surface area contributed by atoms with Crippen molar-refractivity contribution in [1.82, 2.24) is 5.32 Å². The second-order valence-corrected chi connectivity index (χ2v) is 10.7. The predicted molar refractivity (Wildman–Crippen MR) is 157 cm³/mol. The van der Waals surface area contributed by atoms with Gasteiger partial charge in [-0.05, 0) is 60.3 Å². The van der Waals surface area contributed by atoms with Crippen LogP contribution in [0, 0.1) is 11.6 Å². The molecule has 42 heavy (non-hydrogen) atoms. The molecule has 0 saturated carbocycles. The van der Waals surface area contributed by atoms with Gasteiger partial charge in [0.05, 0.1) is 38.2 Å². The predicted octanol–water partition coefficient (Wildman–Crippen LogP) is 5.46. The molecule has 0 bridgehead atoms. The van der Waals surface area contributed by atoms with E-state index >= 15 is 0 Å². The molecule has 2 atom stereocenters. The summed E-state index contributed by atoms with van der Waals surface area (Å²) in [6, 6.07) is 17.9. The van der Waals surface area contributed by atoms with Crippen LogP contribution in [0.1, 0.15) is 35.4 Å². The van der Waals surface area contributed by atoms with Gasteiger partial charge in [0.2, 0.25) is 0 Å². The van der Waals surface area contributed by atoms with Crippen molar-refractivity contribution in [2.75, 3.05) is 64.6 Å². The Labute approximate surface area is 246 Å². The molecule has 1 N–H and O–H groups in total. The highest BCUT2D eigenvalue weighted by Gasteiger charge is 2.27. The zero-order chi connectivity index (χ0) is 29.1. The molecule has 0 spiro atoms. The topological polar surface area (TPSA) is 61.4 Å². The van der Waals surface area contributed by atoms with E-state index in [4.69, 9.17) is 23.7 Å². The summed E-state index contributed by atoms with van der Waals surface area (Å²) in [6.07, 6.45) is 2.04. The molecule has 1 fully saturated rings. The molecule has 0 radical (unpaired) electrons. The number of hydrogen-bond acceptors (Lipinski definition) is 7. The van der Waals surface area contributed by atoms with Crippen molar-refractivity contribution in [1.29, 1.82) is 0 Å². The first kappa shape index (κ1) is 30.2. The molecule has 1 saturated heterocycles. The normalized spacial score (nSPS) is 18.4. The molecule has 0 unspecified atom stereocenters. The highest BCUT2D eigenvalue weighted by atomic mass is 19.1. The molecule has 226 valence electrons. The van der Waals surface area contributed by atoms with Gasteiger partial charge in [-0.3, -0.25) is 0 Å². The Kier molecular flexibility index (Phi) is 11.0. The Morgan fingerprint density at radius 2 is 1.81 bits per heavy atom. The molecule has 7 nitrogen and oxygen atoms in total. The second-order valence-electron chi connectivity index (χ2n) is 10.7. The zero-order valence-electron chi connectivity index (χ0n) is 24.2. The van der Waals surface area contributed by atoms with Gasteiger partial charge in [0, 0.05) is 38.8 Å². The van der Waals surface area contributed by atoms with Crippen LogP contribution < -0.4 is 19.7 Å². The summed E-state index contributed by atoms with van der Waals surface area (Å²) >= 11 is 0. The minimum atomic E-state index is -0.593. The number of rotatable bonds is 14. The van der Waals surface area contributed by atoms with Crippen molar-refractivity contribution in [3.63, 3.8) is 0 Å². The Morgan fingerprint density at radius 3 is 2.67 bits per heavy atom. The fraction of sp³-hybridized carbons (Fsp3) is 0.455. The smallest absolute Gasteiger partial charge is 0.165 e. The molecule has 3 aromatic rings. The number of nitrogens with one attached hydrogen (secondary N) is 1. The third-order valence-corrected chi connectivity index (χ3v) is 7.70. The van der Waals surface area contributed by atoms with E-state index in [0.717, 1.165) is 86.4 Å². The van der Waals surface area contributed by atoms with Gasteiger partial charge < -0.3 is 33.9 Å². The minimum absolute atomic E-state index is 0.0614. The molecular weight excluding hydrogens is 542 g/mol. The molecule has 0 aromatic heterocycles. The Hall–Kier alpha value is -3.24. The summed E-state index contributed by atoms with van der Waals surface area (Å²) < 4.78 is 55.6. The molecule has 5 rings (SSSR count). The molecule has 2 aliphatic rings. The first-order valence-corrected chi connectivity index (χ1v) is 14.7. The van der Waals surface area contributed by atoms with Gasteiger partial charge >= 0.3 is 0 Å². The lowest BCUT2D eigenvalue weighted by atomic mass is 9.87. The Balaban J connectivity index is 1.11.